The van der Waals surface area contributed by atoms with Gasteiger partial charge in [0.1, 0.15) is 11.6 Å². The van der Waals surface area contributed by atoms with Gasteiger partial charge in [-0.3, -0.25) is 5.32 Å². The summed E-state index contributed by atoms with van der Waals surface area (Å²) in [5.74, 6) is 0.413. The number of carbonyl (C=O) groups excluding carboxylic acids is 1. The van der Waals surface area contributed by atoms with Crippen LogP contribution in [-0.4, -0.2) is 41.7 Å². The molecule has 0 aromatic carbocycles. The van der Waals surface area contributed by atoms with Crippen molar-refractivity contribution >= 4 is 11.8 Å². The fourth-order valence-electron chi connectivity index (χ4n) is 2.02. The van der Waals surface area contributed by atoms with E-state index >= 15 is 0 Å². The number of anilines is 1. The van der Waals surface area contributed by atoms with Crippen LogP contribution < -0.4 is 5.32 Å². The molecule has 6 heteroatoms. The molecule has 1 fully saturated rings. The summed E-state index contributed by atoms with van der Waals surface area (Å²) >= 11 is 0. The van der Waals surface area contributed by atoms with Gasteiger partial charge in [0.25, 0.3) is 0 Å². The van der Waals surface area contributed by atoms with Gasteiger partial charge in [0.15, 0.2) is 0 Å². The Hall–Kier alpha value is -1.69. The standard InChI is InChI=1S/C14H20FN3O2/c1-10(2)9-20-12-5-6-18(8-12)14(19)17-13-4-3-11(15)7-16-13/h3-4,7,10,12H,5-6,8-9H2,1-2H3,(H,16,17,19)/t12-/m0/s1. The average Bonchev–Trinajstić information content (AvgIpc) is 2.88. The highest BCUT2D eigenvalue weighted by Gasteiger charge is 2.27. The molecule has 2 rings (SSSR count). The summed E-state index contributed by atoms with van der Waals surface area (Å²) in [6.45, 7) is 6.15. The first-order chi connectivity index (χ1) is 9.54. The Morgan fingerprint density at radius 1 is 1.60 bits per heavy atom. The average molecular weight is 281 g/mol. The van der Waals surface area contributed by atoms with Crippen LogP contribution in [-0.2, 0) is 4.74 Å². The smallest absolute Gasteiger partial charge is 0.323 e. The van der Waals surface area contributed by atoms with Crippen LogP contribution in [0.2, 0.25) is 0 Å². The van der Waals surface area contributed by atoms with Crippen LogP contribution in [0.15, 0.2) is 18.3 Å². The Balaban J connectivity index is 1.80. The van der Waals surface area contributed by atoms with Crippen molar-refractivity contribution in [1.29, 1.82) is 0 Å². The van der Waals surface area contributed by atoms with E-state index in [9.17, 15) is 9.18 Å². The molecule has 0 bridgehead atoms. The fraction of sp³-hybridized carbons (Fsp3) is 0.571. The molecule has 0 aliphatic carbocycles. The first-order valence-electron chi connectivity index (χ1n) is 6.83. The highest BCUT2D eigenvalue weighted by Crippen LogP contribution is 2.15. The molecule has 0 radical (unpaired) electrons. The molecule has 2 heterocycles. The van der Waals surface area contributed by atoms with Crippen molar-refractivity contribution in [3.63, 3.8) is 0 Å². The van der Waals surface area contributed by atoms with Crippen molar-refractivity contribution in [2.45, 2.75) is 26.4 Å². The minimum atomic E-state index is -0.425. The summed E-state index contributed by atoms with van der Waals surface area (Å²) < 4.78 is 18.4. The maximum atomic E-state index is 12.7. The van der Waals surface area contributed by atoms with Gasteiger partial charge in [-0.05, 0) is 24.5 Å². The quantitative estimate of drug-likeness (QED) is 0.922. The first-order valence-corrected chi connectivity index (χ1v) is 6.83. The minimum Gasteiger partial charge on any atom is -0.376 e. The van der Waals surface area contributed by atoms with Gasteiger partial charge in [0, 0.05) is 19.7 Å². The second kappa shape index (κ2) is 6.65. The monoisotopic (exact) mass is 281 g/mol. The number of likely N-dealkylation sites (tertiary alicyclic amines) is 1. The van der Waals surface area contributed by atoms with Crippen molar-refractivity contribution in [3.05, 3.63) is 24.1 Å². The van der Waals surface area contributed by atoms with Crippen LogP contribution in [0.4, 0.5) is 15.0 Å². The lowest BCUT2D eigenvalue weighted by Crippen LogP contribution is -2.34. The third kappa shape index (κ3) is 4.16. The van der Waals surface area contributed by atoms with Crippen molar-refractivity contribution in [1.82, 2.24) is 9.88 Å². The lowest BCUT2D eigenvalue weighted by Gasteiger charge is -2.17. The van der Waals surface area contributed by atoms with Crippen LogP contribution in [0, 0.1) is 11.7 Å². The summed E-state index contributed by atoms with van der Waals surface area (Å²) in [5, 5.41) is 2.65. The van der Waals surface area contributed by atoms with E-state index < -0.39 is 5.82 Å². The van der Waals surface area contributed by atoms with Crippen LogP contribution in [0.5, 0.6) is 0 Å². The van der Waals surface area contributed by atoms with E-state index in [1.807, 2.05) is 0 Å². The number of ether oxygens (including phenoxy) is 1. The second-order valence-corrected chi connectivity index (χ2v) is 5.38. The SMILES string of the molecule is CC(C)CO[C@H]1CCN(C(=O)Nc2ccc(F)cn2)C1. The topological polar surface area (TPSA) is 54.5 Å². The molecule has 110 valence electrons. The Kier molecular flexibility index (Phi) is 4.89. The lowest BCUT2D eigenvalue weighted by atomic mass is 10.2. The molecule has 1 aliphatic heterocycles. The minimum absolute atomic E-state index is 0.101. The van der Waals surface area contributed by atoms with Gasteiger partial charge in [-0.1, -0.05) is 13.8 Å². The molecule has 1 aliphatic rings. The van der Waals surface area contributed by atoms with E-state index in [1.165, 1.54) is 12.1 Å². The molecule has 1 atom stereocenters. The number of halogens is 1. The summed E-state index contributed by atoms with van der Waals surface area (Å²) in [7, 11) is 0. The van der Waals surface area contributed by atoms with E-state index in [2.05, 4.69) is 24.1 Å². The molecule has 5 nitrogen and oxygen atoms in total. The fourth-order valence-corrected chi connectivity index (χ4v) is 2.02. The van der Waals surface area contributed by atoms with Crippen molar-refractivity contribution in [2.24, 2.45) is 5.92 Å². The molecule has 1 N–H and O–H groups in total. The molecule has 0 saturated carbocycles. The molecule has 0 unspecified atom stereocenters. The van der Waals surface area contributed by atoms with Gasteiger partial charge in [0.05, 0.1) is 12.3 Å². The van der Waals surface area contributed by atoms with Crippen molar-refractivity contribution in [3.8, 4) is 0 Å². The molecular formula is C14H20FN3O2. The highest BCUT2D eigenvalue weighted by atomic mass is 19.1. The third-order valence-corrected chi connectivity index (χ3v) is 3.06. The van der Waals surface area contributed by atoms with Crippen molar-refractivity contribution in [2.75, 3.05) is 25.0 Å². The summed E-state index contributed by atoms with van der Waals surface area (Å²) in [6.07, 6.45) is 2.02. The second-order valence-electron chi connectivity index (χ2n) is 5.38. The number of hydrogen-bond acceptors (Lipinski definition) is 3. The van der Waals surface area contributed by atoms with Crippen LogP contribution in [0.25, 0.3) is 0 Å². The van der Waals surface area contributed by atoms with Gasteiger partial charge < -0.3 is 9.64 Å². The van der Waals surface area contributed by atoms with Gasteiger partial charge in [-0.25, -0.2) is 14.2 Å². The zero-order chi connectivity index (χ0) is 14.5. The Morgan fingerprint density at radius 3 is 3.05 bits per heavy atom. The summed E-state index contributed by atoms with van der Waals surface area (Å²) in [4.78, 5) is 17.5. The number of pyridine rings is 1. The van der Waals surface area contributed by atoms with E-state index in [-0.39, 0.29) is 12.1 Å². The molecule has 1 aromatic heterocycles. The normalized spacial score (nSPS) is 18.6. The third-order valence-electron chi connectivity index (χ3n) is 3.06. The number of aromatic nitrogens is 1. The number of urea groups is 1. The van der Waals surface area contributed by atoms with E-state index in [0.29, 0.717) is 31.4 Å². The zero-order valence-electron chi connectivity index (χ0n) is 11.8. The lowest BCUT2D eigenvalue weighted by molar-refractivity contribution is 0.0440. The van der Waals surface area contributed by atoms with Crippen LogP contribution >= 0.6 is 0 Å². The molecule has 2 amide bonds. The molecule has 1 saturated heterocycles. The number of rotatable bonds is 4. The molecule has 20 heavy (non-hydrogen) atoms. The number of hydrogen-bond donors (Lipinski definition) is 1. The maximum Gasteiger partial charge on any atom is 0.323 e. The molecular weight excluding hydrogens is 261 g/mol. The number of nitrogens with one attached hydrogen (secondary N) is 1. The highest BCUT2D eigenvalue weighted by molar-refractivity contribution is 5.88. The Labute approximate surface area is 118 Å². The molecule has 0 spiro atoms. The number of carbonyl (C=O) groups is 1. The van der Waals surface area contributed by atoms with E-state index in [0.717, 1.165) is 12.6 Å². The maximum absolute atomic E-state index is 12.7. The van der Waals surface area contributed by atoms with Gasteiger partial charge >= 0.3 is 6.03 Å². The van der Waals surface area contributed by atoms with Gasteiger partial charge in [-0.2, -0.15) is 0 Å². The predicted molar refractivity (Wildman–Crippen MR) is 74.0 cm³/mol. The Bertz CT molecular complexity index is 450. The number of amides is 2. The summed E-state index contributed by atoms with van der Waals surface area (Å²) in [5.41, 5.74) is 0. The largest absolute Gasteiger partial charge is 0.376 e. The zero-order valence-corrected chi connectivity index (χ0v) is 11.8. The van der Waals surface area contributed by atoms with Crippen LogP contribution in [0.3, 0.4) is 0 Å². The van der Waals surface area contributed by atoms with Crippen molar-refractivity contribution < 1.29 is 13.9 Å². The number of nitrogens with zero attached hydrogens (tertiary/aromatic N) is 2. The predicted octanol–water partition coefficient (Wildman–Crippen LogP) is 2.50. The van der Waals surface area contributed by atoms with Gasteiger partial charge in [-0.15, -0.1) is 0 Å². The summed E-state index contributed by atoms with van der Waals surface area (Å²) in [6, 6.07) is 2.48. The Morgan fingerprint density at radius 2 is 2.40 bits per heavy atom. The first kappa shape index (κ1) is 14.7. The van der Waals surface area contributed by atoms with E-state index in [1.54, 1.807) is 4.90 Å². The van der Waals surface area contributed by atoms with Gasteiger partial charge in [0.2, 0.25) is 0 Å². The molecule has 1 aromatic rings. The van der Waals surface area contributed by atoms with Crippen LogP contribution in [0.1, 0.15) is 20.3 Å². The van der Waals surface area contributed by atoms with E-state index in [4.69, 9.17) is 4.74 Å².